The highest BCUT2D eigenvalue weighted by Gasteiger charge is 2.07. The van der Waals surface area contributed by atoms with Crippen LogP contribution in [0.1, 0.15) is 35.5 Å². The number of nitrogens with zero attached hydrogens (tertiary/aromatic N) is 2. The van der Waals surface area contributed by atoms with E-state index < -0.39 is 5.97 Å². The molecule has 108 valence electrons. The summed E-state index contributed by atoms with van der Waals surface area (Å²) in [6, 6.07) is 7.17. The molecule has 2 aromatic rings. The molecule has 0 fully saturated rings. The van der Waals surface area contributed by atoms with Crippen molar-refractivity contribution in [2.45, 2.75) is 31.4 Å². The van der Waals surface area contributed by atoms with Gasteiger partial charge in [-0.25, -0.2) is 4.79 Å². The molecule has 1 N–H and O–H groups in total. The number of benzene rings is 1. The Hall–Kier alpha value is -1.75. The largest absolute Gasteiger partial charge is 0.478 e. The molecule has 2 rings (SSSR count). The van der Waals surface area contributed by atoms with E-state index in [0.29, 0.717) is 5.56 Å². The fourth-order valence-corrected chi connectivity index (χ4v) is 2.54. The van der Waals surface area contributed by atoms with E-state index >= 15 is 0 Å². The summed E-state index contributed by atoms with van der Waals surface area (Å²) in [7, 11) is 1.89. The van der Waals surface area contributed by atoms with E-state index in [1.54, 1.807) is 28.6 Å². The van der Waals surface area contributed by atoms with E-state index in [1.807, 2.05) is 46.1 Å². The molecule has 5 heteroatoms. The number of aromatic carboxylic acids is 1. The number of hydrogen-bond donors (Lipinski definition) is 1. The lowest BCUT2D eigenvalue weighted by atomic mass is 10.1. The second kappa shape index (κ2) is 7.75. The minimum Gasteiger partial charge on any atom is -0.478 e. The molecule has 0 amide bonds. The monoisotopic (exact) mass is 292 g/mol. The average Bonchev–Trinajstić information content (AvgIpc) is 2.85. The Kier molecular flexibility index (Phi) is 6.31. The van der Waals surface area contributed by atoms with Crippen LogP contribution in [0.25, 0.3) is 0 Å². The third kappa shape index (κ3) is 4.42. The normalized spacial score (nSPS) is 9.80. The molecule has 0 spiro atoms. The zero-order valence-corrected chi connectivity index (χ0v) is 13.1. The average molecular weight is 292 g/mol. The Morgan fingerprint density at radius 2 is 2.05 bits per heavy atom. The van der Waals surface area contributed by atoms with Gasteiger partial charge in [0.2, 0.25) is 0 Å². The quantitative estimate of drug-likeness (QED) is 0.872. The van der Waals surface area contributed by atoms with Crippen molar-refractivity contribution in [1.29, 1.82) is 0 Å². The summed E-state index contributed by atoms with van der Waals surface area (Å²) in [5, 5.41) is 13.2. The van der Waals surface area contributed by atoms with Crippen LogP contribution in [0.15, 0.2) is 35.4 Å². The predicted octanol–water partition coefficient (Wildman–Crippen LogP) is 3.75. The molecule has 0 aliphatic rings. The van der Waals surface area contributed by atoms with Crippen LogP contribution in [0.2, 0.25) is 0 Å². The van der Waals surface area contributed by atoms with E-state index in [1.165, 1.54) is 0 Å². The van der Waals surface area contributed by atoms with Gasteiger partial charge in [-0.15, -0.1) is 11.8 Å². The molecule has 0 saturated carbocycles. The van der Waals surface area contributed by atoms with Crippen molar-refractivity contribution in [3.05, 3.63) is 47.3 Å². The molecule has 20 heavy (non-hydrogen) atoms. The van der Waals surface area contributed by atoms with E-state index in [9.17, 15) is 4.79 Å². The Labute approximate surface area is 123 Å². The van der Waals surface area contributed by atoms with Gasteiger partial charge in [0.25, 0.3) is 0 Å². The summed E-state index contributed by atoms with van der Waals surface area (Å²) < 4.78 is 1.77. The number of carboxylic acid groups (broad SMARTS) is 1. The molecule has 1 heterocycles. The highest BCUT2D eigenvalue weighted by atomic mass is 32.2. The van der Waals surface area contributed by atoms with Crippen molar-refractivity contribution in [3.8, 4) is 0 Å². The minimum atomic E-state index is -0.889. The molecule has 0 aliphatic carbocycles. The number of carbonyl (C=O) groups is 1. The predicted molar refractivity (Wildman–Crippen MR) is 82.3 cm³/mol. The van der Waals surface area contributed by atoms with Gasteiger partial charge in [-0.2, -0.15) is 5.10 Å². The first-order chi connectivity index (χ1) is 9.56. The zero-order valence-electron chi connectivity index (χ0n) is 12.3. The lowest BCUT2D eigenvalue weighted by Crippen LogP contribution is -1.97. The molecular formula is C15H20N2O2S. The van der Waals surface area contributed by atoms with Gasteiger partial charge in [0, 0.05) is 23.9 Å². The lowest BCUT2D eigenvalue weighted by Gasteiger charge is -2.05. The van der Waals surface area contributed by atoms with Crippen molar-refractivity contribution in [1.82, 2.24) is 9.78 Å². The summed E-state index contributed by atoms with van der Waals surface area (Å²) in [6.07, 6.45) is 1.91. The van der Waals surface area contributed by atoms with Gasteiger partial charge in [-0.3, -0.25) is 4.68 Å². The smallest absolute Gasteiger partial charge is 0.335 e. The Morgan fingerprint density at radius 1 is 1.35 bits per heavy atom. The zero-order chi connectivity index (χ0) is 15.1. The maximum atomic E-state index is 10.8. The van der Waals surface area contributed by atoms with Gasteiger partial charge >= 0.3 is 5.97 Å². The number of rotatable bonds is 4. The standard InChI is InChI=1S/C13H14N2O2S.C2H6/c1-9-7-10(13(16)17)3-4-12(9)18-8-11-5-6-15(2)14-11;1-2/h3-7H,8H2,1-2H3,(H,16,17);1-2H3. The molecule has 0 atom stereocenters. The topological polar surface area (TPSA) is 55.1 Å². The summed E-state index contributed by atoms with van der Waals surface area (Å²) >= 11 is 1.67. The van der Waals surface area contributed by atoms with Gasteiger partial charge in [-0.05, 0) is 36.8 Å². The molecule has 0 saturated heterocycles. The highest BCUT2D eigenvalue weighted by molar-refractivity contribution is 7.98. The second-order valence-electron chi connectivity index (χ2n) is 4.05. The van der Waals surface area contributed by atoms with E-state index in [2.05, 4.69) is 5.10 Å². The van der Waals surface area contributed by atoms with Crippen LogP contribution < -0.4 is 0 Å². The SMILES string of the molecule is CC.Cc1cc(C(=O)O)ccc1SCc1ccn(C)n1. The van der Waals surface area contributed by atoms with Crippen LogP contribution in [0.4, 0.5) is 0 Å². The van der Waals surface area contributed by atoms with E-state index in [0.717, 1.165) is 21.9 Å². The first-order valence-corrected chi connectivity index (χ1v) is 7.50. The van der Waals surface area contributed by atoms with Crippen molar-refractivity contribution >= 4 is 17.7 Å². The third-order valence-corrected chi connectivity index (χ3v) is 3.78. The van der Waals surface area contributed by atoms with Crippen LogP contribution in [0.3, 0.4) is 0 Å². The van der Waals surface area contributed by atoms with Gasteiger partial charge in [0.1, 0.15) is 0 Å². The third-order valence-electron chi connectivity index (χ3n) is 2.57. The lowest BCUT2D eigenvalue weighted by molar-refractivity contribution is 0.0696. The van der Waals surface area contributed by atoms with Crippen LogP contribution in [-0.4, -0.2) is 20.9 Å². The number of aryl methyl sites for hydroxylation is 2. The first kappa shape index (κ1) is 16.3. The van der Waals surface area contributed by atoms with E-state index in [4.69, 9.17) is 5.11 Å². The van der Waals surface area contributed by atoms with Gasteiger partial charge < -0.3 is 5.11 Å². The summed E-state index contributed by atoms with van der Waals surface area (Å²) in [5.41, 5.74) is 2.33. The minimum absolute atomic E-state index is 0.328. The summed E-state index contributed by atoms with van der Waals surface area (Å²) in [6.45, 7) is 5.92. The van der Waals surface area contributed by atoms with Gasteiger partial charge in [0.05, 0.1) is 11.3 Å². The molecule has 1 aromatic carbocycles. The summed E-state index contributed by atoms with van der Waals surface area (Å²) in [4.78, 5) is 11.9. The Balaban J connectivity index is 0.000000956. The second-order valence-corrected chi connectivity index (χ2v) is 5.07. The molecule has 0 aliphatic heterocycles. The first-order valence-electron chi connectivity index (χ1n) is 6.51. The maximum absolute atomic E-state index is 10.8. The van der Waals surface area contributed by atoms with Crippen molar-refractivity contribution in [2.24, 2.45) is 7.05 Å². The Morgan fingerprint density at radius 3 is 2.55 bits per heavy atom. The highest BCUT2D eigenvalue weighted by Crippen LogP contribution is 2.26. The van der Waals surface area contributed by atoms with Gasteiger partial charge in [-0.1, -0.05) is 13.8 Å². The number of aromatic nitrogens is 2. The van der Waals surface area contributed by atoms with Gasteiger partial charge in [0.15, 0.2) is 0 Å². The van der Waals surface area contributed by atoms with Crippen molar-refractivity contribution < 1.29 is 9.90 Å². The van der Waals surface area contributed by atoms with Crippen molar-refractivity contribution in [2.75, 3.05) is 0 Å². The summed E-state index contributed by atoms with van der Waals surface area (Å²) in [5.74, 6) is -0.104. The fraction of sp³-hybridized carbons (Fsp3) is 0.333. The molecule has 4 nitrogen and oxygen atoms in total. The molecule has 0 unspecified atom stereocenters. The Bertz CT molecular complexity index is 579. The number of thioether (sulfide) groups is 1. The number of carboxylic acids is 1. The molecule has 0 bridgehead atoms. The maximum Gasteiger partial charge on any atom is 0.335 e. The molecule has 1 aromatic heterocycles. The van der Waals surface area contributed by atoms with E-state index in [-0.39, 0.29) is 0 Å². The molecule has 0 radical (unpaired) electrons. The van der Waals surface area contributed by atoms with Crippen LogP contribution >= 0.6 is 11.8 Å². The van der Waals surface area contributed by atoms with Crippen LogP contribution in [0.5, 0.6) is 0 Å². The van der Waals surface area contributed by atoms with Crippen LogP contribution in [0, 0.1) is 6.92 Å². The van der Waals surface area contributed by atoms with Crippen molar-refractivity contribution in [3.63, 3.8) is 0 Å². The fourth-order valence-electron chi connectivity index (χ4n) is 1.64. The number of hydrogen-bond acceptors (Lipinski definition) is 3. The molecular weight excluding hydrogens is 272 g/mol. The van der Waals surface area contributed by atoms with Crippen LogP contribution in [-0.2, 0) is 12.8 Å².